The maximum Gasteiger partial charge on any atom is 0.0476 e. The van der Waals surface area contributed by atoms with Gasteiger partial charge in [0.1, 0.15) is 0 Å². The lowest BCUT2D eigenvalue weighted by atomic mass is 9.69. The molecule has 1 unspecified atom stereocenters. The van der Waals surface area contributed by atoms with E-state index in [-0.39, 0.29) is 0 Å². The monoisotopic (exact) mass is 250 g/mol. The summed E-state index contributed by atoms with van der Waals surface area (Å²) in [7, 11) is 0. The van der Waals surface area contributed by atoms with Crippen LogP contribution < -0.4 is 11.3 Å². The van der Waals surface area contributed by atoms with Crippen LogP contribution in [-0.4, -0.2) is 6.04 Å². The fraction of sp³-hybridized carbons (Fsp3) is 0.875. The van der Waals surface area contributed by atoms with Gasteiger partial charge >= 0.3 is 0 Å². The molecule has 2 rings (SSSR count). The number of rotatable bonds is 5. The van der Waals surface area contributed by atoms with Crippen molar-refractivity contribution < 1.29 is 0 Å². The molecule has 0 amide bonds. The van der Waals surface area contributed by atoms with E-state index in [1.54, 1.807) is 5.57 Å². The predicted octanol–water partition coefficient (Wildman–Crippen LogP) is 3.93. The van der Waals surface area contributed by atoms with Crippen molar-refractivity contribution in [2.75, 3.05) is 0 Å². The van der Waals surface area contributed by atoms with Crippen molar-refractivity contribution in [3.8, 4) is 0 Å². The average molecular weight is 250 g/mol. The van der Waals surface area contributed by atoms with E-state index in [4.69, 9.17) is 5.84 Å². The summed E-state index contributed by atoms with van der Waals surface area (Å²) < 4.78 is 0. The van der Waals surface area contributed by atoms with Gasteiger partial charge in [-0.1, -0.05) is 38.3 Å². The Bertz CT molecular complexity index is 287. The molecule has 104 valence electrons. The Kier molecular flexibility index (Phi) is 4.85. The number of nitrogens with two attached hydrogens (primary N) is 1. The number of nitrogens with one attached hydrogen (secondary N) is 1. The summed E-state index contributed by atoms with van der Waals surface area (Å²) in [5, 5.41) is 0. The summed E-state index contributed by atoms with van der Waals surface area (Å²) in [5.74, 6) is 6.72. The highest BCUT2D eigenvalue weighted by molar-refractivity contribution is 5.18. The van der Waals surface area contributed by atoms with Crippen LogP contribution in [0.2, 0.25) is 0 Å². The first-order valence-corrected chi connectivity index (χ1v) is 7.83. The van der Waals surface area contributed by atoms with Crippen LogP contribution >= 0.6 is 0 Å². The molecule has 0 aromatic heterocycles. The van der Waals surface area contributed by atoms with Crippen LogP contribution in [-0.2, 0) is 0 Å². The molecule has 0 aliphatic heterocycles. The molecular formula is C16H30N2. The third kappa shape index (κ3) is 2.97. The third-order valence-corrected chi connectivity index (χ3v) is 4.89. The minimum atomic E-state index is 0.433. The molecule has 1 fully saturated rings. The highest BCUT2D eigenvalue weighted by Crippen LogP contribution is 2.48. The molecule has 1 atom stereocenters. The predicted molar refractivity (Wildman–Crippen MR) is 78.0 cm³/mol. The normalized spacial score (nSPS) is 25.2. The molecule has 0 heterocycles. The Hall–Kier alpha value is -0.340. The smallest absolute Gasteiger partial charge is 0.0476 e. The van der Waals surface area contributed by atoms with E-state index in [1.165, 1.54) is 57.8 Å². The van der Waals surface area contributed by atoms with Crippen LogP contribution in [0, 0.1) is 11.3 Å². The Balaban J connectivity index is 2.18. The van der Waals surface area contributed by atoms with Crippen molar-refractivity contribution in [2.45, 2.75) is 77.7 Å². The minimum absolute atomic E-state index is 0.433. The van der Waals surface area contributed by atoms with Gasteiger partial charge in [0.15, 0.2) is 0 Å². The van der Waals surface area contributed by atoms with E-state index < -0.39 is 0 Å². The van der Waals surface area contributed by atoms with Crippen molar-refractivity contribution >= 4 is 0 Å². The quantitative estimate of drug-likeness (QED) is 0.441. The minimum Gasteiger partial charge on any atom is -0.271 e. The van der Waals surface area contributed by atoms with Crippen molar-refractivity contribution in [1.29, 1.82) is 0 Å². The molecule has 0 radical (unpaired) electrons. The van der Waals surface area contributed by atoms with E-state index in [0.29, 0.717) is 11.5 Å². The zero-order valence-corrected chi connectivity index (χ0v) is 12.2. The first-order chi connectivity index (χ1) is 8.68. The molecule has 0 spiro atoms. The largest absolute Gasteiger partial charge is 0.271 e. The van der Waals surface area contributed by atoms with E-state index in [2.05, 4.69) is 25.3 Å². The van der Waals surface area contributed by atoms with Gasteiger partial charge in [-0.05, 0) is 56.3 Å². The fourth-order valence-electron chi connectivity index (χ4n) is 4.31. The molecule has 3 N–H and O–H groups in total. The molecule has 2 heteroatoms. The van der Waals surface area contributed by atoms with Crippen molar-refractivity contribution in [3.05, 3.63) is 11.6 Å². The first kappa shape index (κ1) is 14.1. The maximum atomic E-state index is 5.95. The average Bonchev–Trinajstić information content (AvgIpc) is 2.79. The Morgan fingerprint density at radius 1 is 1.22 bits per heavy atom. The number of hydrogen-bond acceptors (Lipinski definition) is 2. The van der Waals surface area contributed by atoms with Crippen LogP contribution in [0.3, 0.4) is 0 Å². The lowest BCUT2D eigenvalue weighted by molar-refractivity contribution is 0.172. The summed E-state index contributed by atoms with van der Waals surface area (Å²) >= 11 is 0. The van der Waals surface area contributed by atoms with Crippen molar-refractivity contribution in [3.63, 3.8) is 0 Å². The van der Waals surface area contributed by atoms with Crippen LogP contribution in [0.4, 0.5) is 0 Å². The van der Waals surface area contributed by atoms with Crippen molar-refractivity contribution in [1.82, 2.24) is 5.43 Å². The lowest BCUT2D eigenvalue weighted by Crippen LogP contribution is -2.49. The van der Waals surface area contributed by atoms with Crippen LogP contribution in [0.1, 0.15) is 71.6 Å². The summed E-state index contributed by atoms with van der Waals surface area (Å²) in [4.78, 5) is 0. The van der Waals surface area contributed by atoms with E-state index >= 15 is 0 Å². The molecule has 0 aromatic carbocycles. The zero-order valence-electron chi connectivity index (χ0n) is 12.2. The lowest BCUT2D eigenvalue weighted by Gasteiger charge is -2.41. The second-order valence-electron chi connectivity index (χ2n) is 6.79. The van der Waals surface area contributed by atoms with Gasteiger partial charge in [-0.3, -0.25) is 11.3 Å². The molecular weight excluding hydrogens is 220 g/mol. The van der Waals surface area contributed by atoms with Gasteiger partial charge in [0.25, 0.3) is 0 Å². The van der Waals surface area contributed by atoms with E-state index in [0.717, 1.165) is 5.92 Å². The Morgan fingerprint density at radius 2 is 1.94 bits per heavy atom. The molecule has 1 saturated carbocycles. The topological polar surface area (TPSA) is 38.0 Å². The highest BCUT2D eigenvalue weighted by Gasteiger charge is 2.42. The first-order valence-electron chi connectivity index (χ1n) is 7.83. The molecule has 0 aromatic rings. The Labute approximate surface area is 112 Å². The Morgan fingerprint density at radius 3 is 2.44 bits per heavy atom. The van der Waals surface area contributed by atoms with Gasteiger partial charge in [0.2, 0.25) is 0 Å². The summed E-state index contributed by atoms with van der Waals surface area (Å²) in [6.07, 6.45) is 14.5. The molecule has 0 saturated heterocycles. The van der Waals surface area contributed by atoms with Gasteiger partial charge in [0.05, 0.1) is 0 Å². The van der Waals surface area contributed by atoms with Gasteiger partial charge in [0, 0.05) is 6.04 Å². The standard InChI is InChI=1S/C16H30N2/c1-13(2)12-16(10-6-7-11-16)15(18-17)14-8-4-3-5-9-14/h8,13,15,18H,3-7,9-12,17H2,1-2H3. The third-order valence-electron chi connectivity index (χ3n) is 4.89. The number of hydrogen-bond donors (Lipinski definition) is 2. The van der Waals surface area contributed by atoms with Crippen LogP contribution in [0.5, 0.6) is 0 Å². The molecule has 2 aliphatic rings. The number of hydrazine groups is 1. The van der Waals surface area contributed by atoms with Crippen LogP contribution in [0.25, 0.3) is 0 Å². The van der Waals surface area contributed by atoms with E-state index in [9.17, 15) is 0 Å². The summed E-state index contributed by atoms with van der Waals surface area (Å²) in [5.41, 5.74) is 5.23. The highest BCUT2D eigenvalue weighted by atomic mass is 15.2. The fourth-order valence-corrected chi connectivity index (χ4v) is 4.31. The summed E-state index contributed by atoms with van der Waals surface area (Å²) in [6.45, 7) is 4.70. The zero-order chi connectivity index (χ0) is 13.0. The van der Waals surface area contributed by atoms with Gasteiger partial charge < -0.3 is 0 Å². The second kappa shape index (κ2) is 6.21. The molecule has 2 aliphatic carbocycles. The summed E-state index contributed by atoms with van der Waals surface area (Å²) in [6, 6.07) is 0.433. The maximum absolute atomic E-state index is 5.95. The van der Waals surface area contributed by atoms with E-state index in [1.807, 2.05) is 0 Å². The van der Waals surface area contributed by atoms with Gasteiger partial charge in [-0.25, -0.2) is 0 Å². The van der Waals surface area contributed by atoms with Gasteiger partial charge in [-0.2, -0.15) is 0 Å². The SMILES string of the molecule is CC(C)CC1(C(NN)C2=CCCCC2)CCCC1. The molecule has 18 heavy (non-hydrogen) atoms. The molecule has 2 nitrogen and oxygen atoms in total. The van der Waals surface area contributed by atoms with Gasteiger partial charge in [-0.15, -0.1) is 0 Å². The van der Waals surface area contributed by atoms with Crippen LogP contribution in [0.15, 0.2) is 11.6 Å². The second-order valence-corrected chi connectivity index (χ2v) is 6.79. The number of allylic oxidation sites excluding steroid dienone is 1. The molecule has 0 bridgehead atoms. The van der Waals surface area contributed by atoms with Crippen molar-refractivity contribution in [2.24, 2.45) is 17.2 Å².